The van der Waals surface area contributed by atoms with Crippen LogP contribution in [0.2, 0.25) is 0 Å². The van der Waals surface area contributed by atoms with Crippen molar-refractivity contribution in [3.63, 3.8) is 0 Å². The first-order valence-electron chi connectivity index (χ1n) is 7.51. The zero-order chi connectivity index (χ0) is 14.5. The largest absolute Gasteiger partial charge is 0.339 e. The number of hydrogen-bond donors (Lipinski definition) is 0. The van der Waals surface area contributed by atoms with Gasteiger partial charge in [0.2, 0.25) is 0 Å². The maximum Gasteiger partial charge on any atom is 0.253 e. The second-order valence-electron chi connectivity index (χ2n) is 5.52. The third-order valence-electron chi connectivity index (χ3n) is 4.13. The lowest BCUT2D eigenvalue weighted by atomic mass is 9.93. The SMILES string of the molecule is O=C(c1ccccc1)N1CCC(CCn2nccn2)CC1. The van der Waals surface area contributed by atoms with Crippen molar-refractivity contribution in [1.29, 1.82) is 0 Å². The van der Waals surface area contributed by atoms with Crippen molar-refractivity contribution in [1.82, 2.24) is 19.9 Å². The number of piperidine rings is 1. The fraction of sp³-hybridized carbons (Fsp3) is 0.438. The number of amides is 1. The number of rotatable bonds is 4. The average Bonchev–Trinajstić information content (AvgIpc) is 3.07. The molecule has 0 aliphatic carbocycles. The Bertz CT molecular complexity index is 559. The molecule has 2 heterocycles. The van der Waals surface area contributed by atoms with E-state index in [1.165, 1.54) is 0 Å². The van der Waals surface area contributed by atoms with E-state index in [9.17, 15) is 4.79 Å². The van der Waals surface area contributed by atoms with Crippen LogP contribution in [-0.2, 0) is 6.54 Å². The molecule has 1 aromatic heterocycles. The molecular weight excluding hydrogens is 264 g/mol. The molecule has 0 N–H and O–H groups in total. The van der Waals surface area contributed by atoms with Gasteiger partial charge < -0.3 is 4.90 Å². The van der Waals surface area contributed by atoms with Crippen LogP contribution in [0.25, 0.3) is 0 Å². The molecule has 0 unspecified atom stereocenters. The molecule has 0 spiro atoms. The van der Waals surface area contributed by atoms with Crippen LogP contribution in [0.3, 0.4) is 0 Å². The summed E-state index contributed by atoms with van der Waals surface area (Å²) in [4.78, 5) is 16.1. The third kappa shape index (κ3) is 3.48. The fourth-order valence-electron chi connectivity index (χ4n) is 2.84. The summed E-state index contributed by atoms with van der Waals surface area (Å²) in [5, 5.41) is 8.25. The van der Waals surface area contributed by atoms with Crippen molar-refractivity contribution in [3.05, 3.63) is 48.3 Å². The van der Waals surface area contributed by atoms with Crippen LogP contribution in [0.4, 0.5) is 0 Å². The Morgan fingerprint density at radius 3 is 2.43 bits per heavy atom. The van der Waals surface area contributed by atoms with E-state index in [2.05, 4.69) is 10.2 Å². The molecule has 1 amide bonds. The van der Waals surface area contributed by atoms with E-state index in [0.717, 1.165) is 44.5 Å². The zero-order valence-electron chi connectivity index (χ0n) is 12.1. The molecule has 1 saturated heterocycles. The fourth-order valence-corrected chi connectivity index (χ4v) is 2.84. The lowest BCUT2D eigenvalue weighted by Gasteiger charge is -2.32. The summed E-state index contributed by atoms with van der Waals surface area (Å²) >= 11 is 0. The highest BCUT2D eigenvalue weighted by Gasteiger charge is 2.23. The number of aryl methyl sites for hydroxylation is 1. The van der Waals surface area contributed by atoms with Crippen molar-refractivity contribution in [2.75, 3.05) is 13.1 Å². The van der Waals surface area contributed by atoms with E-state index in [4.69, 9.17) is 0 Å². The molecule has 0 bridgehead atoms. The number of carbonyl (C=O) groups is 1. The number of likely N-dealkylation sites (tertiary alicyclic amines) is 1. The topological polar surface area (TPSA) is 51.0 Å². The van der Waals surface area contributed by atoms with Crippen LogP contribution in [0, 0.1) is 5.92 Å². The Hall–Kier alpha value is -2.17. The molecule has 21 heavy (non-hydrogen) atoms. The second-order valence-corrected chi connectivity index (χ2v) is 5.52. The van der Waals surface area contributed by atoms with Gasteiger partial charge in [-0.2, -0.15) is 15.0 Å². The Labute approximate surface area is 124 Å². The predicted molar refractivity (Wildman–Crippen MR) is 79.7 cm³/mol. The van der Waals surface area contributed by atoms with Crippen molar-refractivity contribution >= 4 is 5.91 Å². The minimum Gasteiger partial charge on any atom is -0.339 e. The number of hydrogen-bond acceptors (Lipinski definition) is 3. The van der Waals surface area contributed by atoms with Crippen molar-refractivity contribution in [2.45, 2.75) is 25.8 Å². The van der Waals surface area contributed by atoms with Crippen LogP contribution in [0.15, 0.2) is 42.7 Å². The van der Waals surface area contributed by atoms with E-state index in [0.29, 0.717) is 5.92 Å². The summed E-state index contributed by atoms with van der Waals surface area (Å²) in [6.07, 6.45) is 6.64. The average molecular weight is 284 g/mol. The number of carbonyl (C=O) groups excluding carboxylic acids is 1. The Morgan fingerprint density at radius 1 is 1.10 bits per heavy atom. The molecular formula is C16H20N4O. The Kier molecular flexibility index (Phi) is 4.28. The molecule has 1 fully saturated rings. The lowest BCUT2D eigenvalue weighted by Crippen LogP contribution is -2.38. The van der Waals surface area contributed by atoms with Gasteiger partial charge in [-0.3, -0.25) is 4.79 Å². The highest BCUT2D eigenvalue weighted by Crippen LogP contribution is 2.22. The first-order valence-corrected chi connectivity index (χ1v) is 7.51. The highest BCUT2D eigenvalue weighted by molar-refractivity contribution is 5.94. The number of nitrogens with zero attached hydrogens (tertiary/aromatic N) is 4. The molecule has 5 heteroatoms. The minimum absolute atomic E-state index is 0.155. The van der Waals surface area contributed by atoms with Crippen LogP contribution < -0.4 is 0 Å². The molecule has 1 aliphatic heterocycles. The summed E-state index contributed by atoms with van der Waals surface area (Å²) < 4.78 is 0. The smallest absolute Gasteiger partial charge is 0.253 e. The number of aromatic nitrogens is 3. The van der Waals surface area contributed by atoms with Crippen LogP contribution >= 0.6 is 0 Å². The van der Waals surface area contributed by atoms with E-state index in [1.807, 2.05) is 35.2 Å². The monoisotopic (exact) mass is 284 g/mol. The summed E-state index contributed by atoms with van der Waals surface area (Å²) in [7, 11) is 0. The highest BCUT2D eigenvalue weighted by atomic mass is 16.2. The first-order chi connectivity index (χ1) is 10.3. The van der Waals surface area contributed by atoms with E-state index in [1.54, 1.807) is 17.2 Å². The quantitative estimate of drug-likeness (QED) is 0.865. The van der Waals surface area contributed by atoms with Gasteiger partial charge in [0.05, 0.1) is 18.9 Å². The van der Waals surface area contributed by atoms with Crippen LogP contribution in [0.5, 0.6) is 0 Å². The van der Waals surface area contributed by atoms with Gasteiger partial charge in [-0.05, 0) is 37.3 Å². The van der Waals surface area contributed by atoms with Gasteiger partial charge in [0, 0.05) is 18.7 Å². The first kappa shape index (κ1) is 13.8. The lowest BCUT2D eigenvalue weighted by molar-refractivity contribution is 0.0684. The normalized spacial score (nSPS) is 16.1. The standard InChI is InChI=1S/C16H20N4O/c21-16(15-4-2-1-3-5-15)19-11-6-14(7-12-19)8-13-20-17-9-10-18-20/h1-5,9-10,14H,6-8,11-13H2. The van der Waals surface area contributed by atoms with Crippen molar-refractivity contribution in [3.8, 4) is 0 Å². The summed E-state index contributed by atoms with van der Waals surface area (Å²) in [5.74, 6) is 0.818. The Morgan fingerprint density at radius 2 is 1.76 bits per heavy atom. The maximum absolute atomic E-state index is 12.4. The van der Waals surface area contributed by atoms with Crippen LogP contribution in [-0.4, -0.2) is 38.9 Å². The molecule has 0 atom stereocenters. The molecule has 3 rings (SSSR count). The van der Waals surface area contributed by atoms with Gasteiger partial charge >= 0.3 is 0 Å². The third-order valence-corrected chi connectivity index (χ3v) is 4.13. The summed E-state index contributed by atoms with van der Waals surface area (Å²) in [6.45, 7) is 2.57. The number of benzene rings is 1. The maximum atomic E-state index is 12.4. The van der Waals surface area contributed by atoms with Crippen molar-refractivity contribution < 1.29 is 4.79 Å². The second kappa shape index (κ2) is 6.52. The van der Waals surface area contributed by atoms with Gasteiger partial charge in [0.1, 0.15) is 0 Å². The van der Waals surface area contributed by atoms with Crippen molar-refractivity contribution in [2.24, 2.45) is 5.92 Å². The molecule has 5 nitrogen and oxygen atoms in total. The summed E-state index contributed by atoms with van der Waals surface area (Å²) in [5.41, 5.74) is 0.789. The van der Waals surface area contributed by atoms with E-state index < -0.39 is 0 Å². The predicted octanol–water partition coefficient (Wildman–Crippen LogP) is 2.22. The molecule has 1 aliphatic rings. The van der Waals surface area contributed by atoms with Gasteiger partial charge in [0.25, 0.3) is 5.91 Å². The molecule has 110 valence electrons. The van der Waals surface area contributed by atoms with Gasteiger partial charge in [0.15, 0.2) is 0 Å². The Balaban J connectivity index is 1.47. The van der Waals surface area contributed by atoms with Gasteiger partial charge in [-0.15, -0.1) is 0 Å². The van der Waals surface area contributed by atoms with E-state index >= 15 is 0 Å². The van der Waals surface area contributed by atoms with E-state index in [-0.39, 0.29) is 5.91 Å². The molecule has 0 saturated carbocycles. The molecule has 1 aromatic carbocycles. The van der Waals surface area contributed by atoms with Gasteiger partial charge in [-0.1, -0.05) is 18.2 Å². The molecule has 0 radical (unpaired) electrons. The summed E-state index contributed by atoms with van der Waals surface area (Å²) in [6, 6.07) is 9.54. The minimum atomic E-state index is 0.155. The molecule has 2 aromatic rings. The van der Waals surface area contributed by atoms with Crippen LogP contribution in [0.1, 0.15) is 29.6 Å². The zero-order valence-corrected chi connectivity index (χ0v) is 12.1. The van der Waals surface area contributed by atoms with Gasteiger partial charge in [-0.25, -0.2) is 0 Å².